The first-order valence-corrected chi connectivity index (χ1v) is 9.21. The van der Waals surface area contributed by atoms with Crippen LogP contribution < -0.4 is 10.2 Å². The number of aromatic nitrogens is 4. The summed E-state index contributed by atoms with van der Waals surface area (Å²) >= 11 is 0. The van der Waals surface area contributed by atoms with Crippen LogP contribution in [0.25, 0.3) is 22.1 Å². The van der Waals surface area contributed by atoms with Crippen molar-refractivity contribution in [2.24, 2.45) is 0 Å². The number of hydrogen-bond donors (Lipinski definition) is 3. The van der Waals surface area contributed by atoms with E-state index in [9.17, 15) is 0 Å². The summed E-state index contributed by atoms with van der Waals surface area (Å²) < 4.78 is 0. The molecule has 1 saturated heterocycles. The van der Waals surface area contributed by atoms with Crippen LogP contribution in [0.4, 0.5) is 5.95 Å². The van der Waals surface area contributed by atoms with Crippen LogP contribution in [0.15, 0.2) is 48.7 Å². The number of hydrogen-bond acceptors (Lipinski definition) is 4. The van der Waals surface area contributed by atoms with Gasteiger partial charge in [0.15, 0.2) is 0 Å². The van der Waals surface area contributed by atoms with Gasteiger partial charge < -0.3 is 20.2 Å². The minimum Gasteiger partial charge on any atom is -0.346 e. The lowest BCUT2D eigenvalue weighted by molar-refractivity contribution is 0.410. The summed E-state index contributed by atoms with van der Waals surface area (Å²) in [5.74, 6) is 0.989. The molecule has 0 unspecified atom stereocenters. The van der Waals surface area contributed by atoms with E-state index in [4.69, 9.17) is 4.98 Å². The fourth-order valence-corrected chi connectivity index (χ4v) is 3.70. The second-order valence-electron chi connectivity index (χ2n) is 6.94. The Hall–Kier alpha value is -2.86. The van der Waals surface area contributed by atoms with Crippen molar-refractivity contribution in [1.82, 2.24) is 25.3 Å². The zero-order chi connectivity index (χ0) is 17.3. The van der Waals surface area contributed by atoms with Crippen molar-refractivity contribution < 1.29 is 0 Å². The molecule has 0 bridgehead atoms. The molecule has 1 aliphatic rings. The molecule has 5 rings (SSSR count). The van der Waals surface area contributed by atoms with Crippen LogP contribution in [0.5, 0.6) is 0 Å². The van der Waals surface area contributed by atoms with Crippen LogP contribution in [0.2, 0.25) is 0 Å². The van der Waals surface area contributed by atoms with Crippen LogP contribution in [-0.2, 0) is 6.54 Å². The molecule has 4 heterocycles. The summed E-state index contributed by atoms with van der Waals surface area (Å²) in [6.07, 6.45) is 4.16. The topological polar surface area (TPSA) is 72.6 Å². The molecule has 6 nitrogen and oxygen atoms in total. The van der Waals surface area contributed by atoms with Gasteiger partial charge in [0.1, 0.15) is 5.65 Å². The molecule has 1 aliphatic heterocycles. The molecular formula is C20H22N6. The zero-order valence-electron chi connectivity index (χ0n) is 14.6. The van der Waals surface area contributed by atoms with Crippen LogP contribution in [-0.4, -0.2) is 39.1 Å². The maximum Gasteiger partial charge on any atom is 0.203 e. The fraction of sp³-hybridized carbons (Fsp3) is 0.300. The lowest BCUT2D eigenvalue weighted by atomic mass is 10.1. The number of pyridine rings is 1. The number of imidazole rings is 1. The van der Waals surface area contributed by atoms with Gasteiger partial charge in [-0.1, -0.05) is 12.1 Å². The van der Waals surface area contributed by atoms with E-state index in [1.807, 2.05) is 24.4 Å². The second kappa shape index (κ2) is 6.46. The SMILES string of the molecule is c1ccc2[nH]c(N3CCC(NCc4ccc5cc[nH]c5n4)CC3)nc2c1. The second-order valence-corrected chi connectivity index (χ2v) is 6.94. The van der Waals surface area contributed by atoms with E-state index in [2.05, 4.69) is 49.4 Å². The fourth-order valence-electron chi connectivity index (χ4n) is 3.70. The first-order chi connectivity index (χ1) is 12.8. The normalized spacial score (nSPS) is 15.9. The van der Waals surface area contributed by atoms with Gasteiger partial charge in [0, 0.05) is 37.3 Å². The number of benzene rings is 1. The van der Waals surface area contributed by atoms with Crippen molar-refractivity contribution in [2.45, 2.75) is 25.4 Å². The van der Waals surface area contributed by atoms with Crippen LogP contribution in [0.1, 0.15) is 18.5 Å². The highest BCUT2D eigenvalue weighted by atomic mass is 15.3. The number of nitrogens with one attached hydrogen (secondary N) is 3. The van der Waals surface area contributed by atoms with Gasteiger partial charge in [-0.25, -0.2) is 9.97 Å². The Balaban J connectivity index is 1.19. The highest BCUT2D eigenvalue weighted by Crippen LogP contribution is 2.21. The standard InChI is InChI=1S/C20H22N6/c1-2-4-18-17(3-1)24-20(25-18)26-11-8-15(9-12-26)22-13-16-6-5-14-7-10-21-19(14)23-16/h1-7,10,15,22H,8-9,11-13H2,(H,21,23)(H,24,25). The summed E-state index contributed by atoms with van der Waals surface area (Å²) in [6.45, 7) is 2.84. The highest BCUT2D eigenvalue weighted by molar-refractivity contribution is 5.77. The molecular weight excluding hydrogens is 324 g/mol. The molecule has 1 aromatic carbocycles. The van der Waals surface area contributed by atoms with Gasteiger partial charge in [0.2, 0.25) is 5.95 Å². The Bertz CT molecular complexity index is 992. The number of nitrogens with zero attached hydrogens (tertiary/aromatic N) is 3. The quantitative estimate of drug-likeness (QED) is 0.531. The van der Waals surface area contributed by atoms with E-state index in [-0.39, 0.29) is 0 Å². The summed E-state index contributed by atoms with van der Waals surface area (Å²) in [7, 11) is 0. The third-order valence-electron chi connectivity index (χ3n) is 5.21. The van der Waals surface area contributed by atoms with Crippen LogP contribution in [0.3, 0.4) is 0 Å². The van der Waals surface area contributed by atoms with E-state index >= 15 is 0 Å². The third-order valence-corrected chi connectivity index (χ3v) is 5.21. The maximum atomic E-state index is 4.72. The number of fused-ring (bicyclic) bond motifs is 2. The minimum atomic E-state index is 0.525. The molecule has 6 heteroatoms. The predicted octanol–water partition coefficient (Wildman–Crippen LogP) is 3.20. The summed E-state index contributed by atoms with van der Waals surface area (Å²) in [5.41, 5.74) is 4.19. The summed E-state index contributed by atoms with van der Waals surface area (Å²) in [5, 5.41) is 4.82. The molecule has 4 aromatic rings. The van der Waals surface area contributed by atoms with Crippen molar-refractivity contribution in [2.75, 3.05) is 18.0 Å². The molecule has 0 saturated carbocycles. The minimum absolute atomic E-state index is 0.525. The molecule has 3 aromatic heterocycles. The molecule has 1 fully saturated rings. The summed E-state index contributed by atoms with van der Waals surface area (Å²) in [6, 6.07) is 15.0. The largest absolute Gasteiger partial charge is 0.346 e. The average molecular weight is 346 g/mol. The number of piperidine rings is 1. The Kier molecular flexibility index (Phi) is 3.83. The average Bonchev–Trinajstić information content (AvgIpc) is 3.33. The van der Waals surface area contributed by atoms with Gasteiger partial charge in [-0.15, -0.1) is 0 Å². The molecule has 3 N–H and O–H groups in total. The Morgan fingerprint density at radius 1 is 1.04 bits per heavy atom. The van der Waals surface area contributed by atoms with Gasteiger partial charge in [-0.05, 0) is 43.2 Å². The molecule has 0 aliphatic carbocycles. The highest BCUT2D eigenvalue weighted by Gasteiger charge is 2.21. The number of anilines is 1. The number of para-hydroxylation sites is 2. The van der Waals surface area contributed by atoms with E-state index in [0.717, 1.165) is 66.2 Å². The Morgan fingerprint density at radius 3 is 2.81 bits per heavy atom. The van der Waals surface area contributed by atoms with Crippen LogP contribution in [0, 0.1) is 0 Å². The van der Waals surface area contributed by atoms with E-state index in [0.29, 0.717) is 6.04 Å². The summed E-state index contributed by atoms with van der Waals surface area (Å²) in [4.78, 5) is 18.3. The lowest BCUT2D eigenvalue weighted by Crippen LogP contribution is -2.42. The molecule has 0 radical (unpaired) electrons. The monoisotopic (exact) mass is 346 g/mol. The lowest BCUT2D eigenvalue weighted by Gasteiger charge is -2.32. The van der Waals surface area contributed by atoms with Crippen molar-refractivity contribution in [3.05, 3.63) is 54.4 Å². The van der Waals surface area contributed by atoms with Crippen molar-refractivity contribution >= 4 is 28.0 Å². The van der Waals surface area contributed by atoms with E-state index in [1.54, 1.807) is 0 Å². The molecule has 0 amide bonds. The predicted molar refractivity (Wildman–Crippen MR) is 104 cm³/mol. The van der Waals surface area contributed by atoms with Crippen molar-refractivity contribution in [3.8, 4) is 0 Å². The third kappa shape index (κ3) is 2.93. The zero-order valence-corrected chi connectivity index (χ0v) is 14.6. The Morgan fingerprint density at radius 2 is 1.92 bits per heavy atom. The maximum absolute atomic E-state index is 4.72. The number of aromatic amines is 2. The molecule has 0 spiro atoms. The first kappa shape index (κ1) is 15.4. The molecule has 132 valence electrons. The van der Waals surface area contributed by atoms with Gasteiger partial charge >= 0.3 is 0 Å². The van der Waals surface area contributed by atoms with Crippen molar-refractivity contribution in [1.29, 1.82) is 0 Å². The molecule has 0 atom stereocenters. The van der Waals surface area contributed by atoms with Gasteiger partial charge in [-0.3, -0.25) is 0 Å². The van der Waals surface area contributed by atoms with Gasteiger partial charge in [-0.2, -0.15) is 0 Å². The van der Waals surface area contributed by atoms with Gasteiger partial charge in [0.25, 0.3) is 0 Å². The Labute approximate surface area is 151 Å². The smallest absolute Gasteiger partial charge is 0.203 e. The van der Waals surface area contributed by atoms with Crippen molar-refractivity contribution in [3.63, 3.8) is 0 Å². The number of rotatable bonds is 4. The van der Waals surface area contributed by atoms with E-state index in [1.165, 1.54) is 0 Å². The molecule has 26 heavy (non-hydrogen) atoms. The van der Waals surface area contributed by atoms with E-state index < -0.39 is 0 Å². The first-order valence-electron chi connectivity index (χ1n) is 9.21. The van der Waals surface area contributed by atoms with Gasteiger partial charge in [0.05, 0.1) is 16.7 Å². The number of H-pyrrole nitrogens is 2. The van der Waals surface area contributed by atoms with Crippen LogP contribution >= 0.6 is 0 Å².